The average molecular weight is 426 g/mol. The maximum atomic E-state index is 12.2. The quantitative estimate of drug-likeness (QED) is 0.602. The lowest BCUT2D eigenvalue weighted by atomic mass is 10.3. The molecule has 8 nitrogen and oxygen atoms in total. The van der Waals surface area contributed by atoms with Crippen LogP contribution in [-0.4, -0.2) is 56.3 Å². The van der Waals surface area contributed by atoms with Crippen molar-refractivity contribution >= 4 is 44.2 Å². The van der Waals surface area contributed by atoms with Crippen molar-refractivity contribution in [3.8, 4) is 5.75 Å². The zero-order chi connectivity index (χ0) is 20.8. The zero-order valence-corrected chi connectivity index (χ0v) is 17.1. The van der Waals surface area contributed by atoms with Crippen LogP contribution in [0.1, 0.15) is 0 Å². The monoisotopic (exact) mass is 426 g/mol. The molecule has 4 rings (SSSR count). The second-order valence-corrected chi connectivity index (χ2v) is 7.71. The highest BCUT2D eigenvalue weighted by Gasteiger charge is 2.16. The highest BCUT2D eigenvalue weighted by molar-refractivity contribution is 7.22. The Labute approximate surface area is 177 Å². The van der Waals surface area contributed by atoms with Gasteiger partial charge in [0.05, 0.1) is 30.0 Å². The van der Waals surface area contributed by atoms with E-state index in [1.165, 1.54) is 0 Å². The Kier molecular flexibility index (Phi) is 6.41. The van der Waals surface area contributed by atoms with Crippen molar-refractivity contribution in [2.75, 3.05) is 49.7 Å². The van der Waals surface area contributed by atoms with Crippen molar-refractivity contribution in [3.63, 3.8) is 0 Å². The van der Waals surface area contributed by atoms with Crippen molar-refractivity contribution in [2.24, 2.45) is 0 Å². The van der Waals surface area contributed by atoms with E-state index >= 15 is 0 Å². The van der Waals surface area contributed by atoms with E-state index in [0.717, 1.165) is 28.4 Å². The fraction of sp³-hybridized carbons (Fsp3) is 0.286. The van der Waals surface area contributed by atoms with Gasteiger partial charge in [0.1, 0.15) is 5.75 Å². The van der Waals surface area contributed by atoms with E-state index in [4.69, 9.17) is 9.47 Å². The molecule has 0 atom stereocenters. The van der Waals surface area contributed by atoms with Gasteiger partial charge in [0.15, 0.2) is 11.7 Å². The number of thiazole rings is 1. The minimum absolute atomic E-state index is 0.128. The lowest BCUT2D eigenvalue weighted by molar-refractivity contribution is -0.125. The summed E-state index contributed by atoms with van der Waals surface area (Å²) in [6.45, 7) is 2.80. The molecular formula is C21H22N4O4S. The highest BCUT2D eigenvalue weighted by atomic mass is 32.1. The number of nitrogens with one attached hydrogen (secondary N) is 2. The molecule has 0 radical (unpaired) electrons. The standard InChI is InChI=1S/C21H22N4O4S/c26-19(13-22-20(27)14-29-16-4-2-1-3-5-16)23-15-6-7-17-18(12-15)30-21(24-17)25-8-10-28-11-9-25/h1-7,12H,8-11,13-14H2,(H,22,27)(H,23,26). The molecule has 0 spiro atoms. The van der Waals surface area contributed by atoms with Gasteiger partial charge in [-0.3, -0.25) is 9.59 Å². The van der Waals surface area contributed by atoms with Crippen LogP contribution in [0, 0.1) is 0 Å². The molecule has 30 heavy (non-hydrogen) atoms. The fourth-order valence-electron chi connectivity index (χ4n) is 2.98. The van der Waals surface area contributed by atoms with Crippen LogP contribution in [0.15, 0.2) is 48.5 Å². The molecule has 1 aliphatic heterocycles. The molecule has 2 amide bonds. The average Bonchev–Trinajstić information content (AvgIpc) is 3.21. The molecule has 0 aliphatic carbocycles. The van der Waals surface area contributed by atoms with Crippen LogP contribution in [0.3, 0.4) is 0 Å². The summed E-state index contributed by atoms with van der Waals surface area (Å²) in [6.07, 6.45) is 0. The Morgan fingerprint density at radius 2 is 1.90 bits per heavy atom. The Hall–Kier alpha value is -3.17. The molecule has 0 bridgehead atoms. The summed E-state index contributed by atoms with van der Waals surface area (Å²) in [5, 5.41) is 6.32. The molecule has 9 heteroatoms. The van der Waals surface area contributed by atoms with Crippen LogP contribution in [0.4, 0.5) is 10.8 Å². The molecule has 1 fully saturated rings. The Balaban J connectivity index is 1.27. The lowest BCUT2D eigenvalue weighted by Gasteiger charge is -2.25. The van der Waals surface area contributed by atoms with Crippen molar-refractivity contribution in [1.82, 2.24) is 10.3 Å². The number of nitrogens with zero attached hydrogens (tertiary/aromatic N) is 2. The Bertz CT molecular complexity index is 1020. The number of aromatic nitrogens is 1. The van der Waals surface area contributed by atoms with Crippen molar-refractivity contribution in [2.45, 2.75) is 0 Å². The summed E-state index contributed by atoms with van der Waals surface area (Å²) in [4.78, 5) is 30.9. The summed E-state index contributed by atoms with van der Waals surface area (Å²) < 4.78 is 11.7. The minimum atomic E-state index is -0.359. The normalized spacial score (nSPS) is 13.8. The van der Waals surface area contributed by atoms with Gasteiger partial charge >= 0.3 is 0 Å². The number of para-hydroxylation sites is 1. The number of benzene rings is 2. The third-order valence-electron chi connectivity index (χ3n) is 4.50. The number of hydrogen-bond acceptors (Lipinski definition) is 7. The topological polar surface area (TPSA) is 92.8 Å². The van der Waals surface area contributed by atoms with E-state index in [2.05, 4.69) is 20.5 Å². The predicted molar refractivity (Wildman–Crippen MR) is 116 cm³/mol. The summed E-state index contributed by atoms with van der Waals surface area (Å²) in [5.74, 6) is -0.0613. The maximum absolute atomic E-state index is 12.2. The number of amides is 2. The van der Waals surface area contributed by atoms with E-state index in [0.29, 0.717) is 24.7 Å². The van der Waals surface area contributed by atoms with E-state index in [-0.39, 0.29) is 25.0 Å². The number of carbonyl (C=O) groups excluding carboxylic acids is 2. The maximum Gasteiger partial charge on any atom is 0.258 e. The molecule has 3 aromatic rings. The first kappa shape index (κ1) is 20.1. The lowest BCUT2D eigenvalue weighted by Crippen LogP contribution is -2.36. The number of carbonyl (C=O) groups is 2. The van der Waals surface area contributed by atoms with Crippen molar-refractivity contribution < 1.29 is 19.1 Å². The Morgan fingerprint density at radius 3 is 2.70 bits per heavy atom. The van der Waals surface area contributed by atoms with Crippen LogP contribution < -0.4 is 20.3 Å². The number of morpholine rings is 1. The van der Waals surface area contributed by atoms with E-state index < -0.39 is 0 Å². The summed E-state index contributed by atoms with van der Waals surface area (Å²) in [7, 11) is 0. The fourth-order valence-corrected chi connectivity index (χ4v) is 4.04. The SMILES string of the molecule is O=C(COc1ccccc1)NCC(=O)Nc1ccc2nc(N3CCOCC3)sc2c1. The van der Waals surface area contributed by atoms with Gasteiger partial charge in [0.25, 0.3) is 5.91 Å². The largest absolute Gasteiger partial charge is 0.484 e. The van der Waals surface area contributed by atoms with Gasteiger partial charge in [0, 0.05) is 18.8 Å². The summed E-state index contributed by atoms with van der Waals surface area (Å²) >= 11 is 1.59. The number of anilines is 2. The van der Waals surface area contributed by atoms with Crippen LogP contribution in [0.25, 0.3) is 10.2 Å². The van der Waals surface area contributed by atoms with Crippen molar-refractivity contribution in [3.05, 3.63) is 48.5 Å². The zero-order valence-electron chi connectivity index (χ0n) is 16.3. The van der Waals surface area contributed by atoms with Gasteiger partial charge < -0.3 is 25.0 Å². The van der Waals surface area contributed by atoms with Gasteiger partial charge in [-0.1, -0.05) is 29.5 Å². The molecule has 156 valence electrons. The first-order valence-corrected chi connectivity index (χ1v) is 10.5. The highest BCUT2D eigenvalue weighted by Crippen LogP contribution is 2.31. The van der Waals surface area contributed by atoms with Gasteiger partial charge in [-0.15, -0.1) is 0 Å². The second kappa shape index (κ2) is 9.55. The molecule has 2 heterocycles. The molecular weight excluding hydrogens is 404 g/mol. The molecule has 2 N–H and O–H groups in total. The molecule has 1 aliphatic rings. The third kappa shape index (κ3) is 5.25. The van der Waals surface area contributed by atoms with Crippen LogP contribution in [-0.2, 0) is 14.3 Å². The summed E-state index contributed by atoms with van der Waals surface area (Å²) in [6, 6.07) is 14.6. The number of hydrogen-bond donors (Lipinski definition) is 2. The van der Waals surface area contributed by atoms with Crippen LogP contribution >= 0.6 is 11.3 Å². The first-order valence-electron chi connectivity index (χ1n) is 9.65. The van der Waals surface area contributed by atoms with Gasteiger partial charge in [0.2, 0.25) is 5.91 Å². The minimum Gasteiger partial charge on any atom is -0.484 e. The predicted octanol–water partition coefficient (Wildman–Crippen LogP) is 2.27. The van der Waals surface area contributed by atoms with Gasteiger partial charge in [-0.25, -0.2) is 4.98 Å². The first-order chi connectivity index (χ1) is 14.7. The summed E-state index contributed by atoms with van der Waals surface area (Å²) in [5.41, 5.74) is 1.56. The third-order valence-corrected chi connectivity index (χ3v) is 5.58. The molecule has 0 saturated carbocycles. The van der Waals surface area contributed by atoms with E-state index in [1.807, 2.05) is 36.4 Å². The molecule has 1 saturated heterocycles. The van der Waals surface area contributed by atoms with E-state index in [9.17, 15) is 9.59 Å². The van der Waals surface area contributed by atoms with Gasteiger partial charge in [-0.05, 0) is 30.3 Å². The van der Waals surface area contributed by atoms with Crippen LogP contribution in [0.2, 0.25) is 0 Å². The van der Waals surface area contributed by atoms with Crippen LogP contribution in [0.5, 0.6) is 5.75 Å². The Morgan fingerprint density at radius 1 is 1.10 bits per heavy atom. The van der Waals surface area contributed by atoms with Crippen molar-refractivity contribution in [1.29, 1.82) is 0 Å². The second-order valence-electron chi connectivity index (χ2n) is 6.70. The molecule has 1 aromatic heterocycles. The number of fused-ring (bicyclic) bond motifs is 1. The van der Waals surface area contributed by atoms with E-state index in [1.54, 1.807) is 23.5 Å². The molecule has 0 unspecified atom stereocenters. The number of ether oxygens (including phenoxy) is 2. The molecule has 2 aromatic carbocycles. The van der Waals surface area contributed by atoms with Gasteiger partial charge in [-0.2, -0.15) is 0 Å². The number of rotatable bonds is 7. The smallest absolute Gasteiger partial charge is 0.258 e.